The fraction of sp³-hybridized carbons (Fsp3) is 0.571. The molecule has 0 aliphatic carbocycles. The van der Waals surface area contributed by atoms with E-state index in [4.69, 9.17) is 17.2 Å². The Balaban J connectivity index is 1.66. The highest BCUT2D eigenvalue weighted by molar-refractivity contribution is 8.26. The first-order chi connectivity index (χ1) is 17.3. The number of aryl methyl sites for hydroxylation is 1. The lowest BCUT2D eigenvalue weighted by Gasteiger charge is -2.36. The molecule has 2 aromatic rings. The maximum absolute atomic E-state index is 13.7. The molecule has 2 aromatic heterocycles. The molecule has 0 bridgehead atoms. The number of rotatable bonds is 9. The third-order valence-electron chi connectivity index (χ3n) is 7.12. The molecule has 0 aromatic carbocycles. The molecular formula is C28H38N4O2S2. The van der Waals surface area contributed by atoms with Crippen molar-refractivity contribution in [3.63, 3.8) is 0 Å². The van der Waals surface area contributed by atoms with Gasteiger partial charge in [0.15, 0.2) is 0 Å². The van der Waals surface area contributed by atoms with Crippen LogP contribution in [0.2, 0.25) is 0 Å². The number of amides is 1. The minimum atomic E-state index is -0.147. The van der Waals surface area contributed by atoms with Crippen molar-refractivity contribution in [3.05, 3.63) is 44.7 Å². The summed E-state index contributed by atoms with van der Waals surface area (Å²) in [4.78, 5) is 36.5. The number of pyridine rings is 1. The van der Waals surface area contributed by atoms with Crippen LogP contribution in [0.4, 0.5) is 5.82 Å². The fourth-order valence-corrected chi connectivity index (χ4v) is 6.67. The van der Waals surface area contributed by atoms with E-state index in [9.17, 15) is 9.59 Å². The van der Waals surface area contributed by atoms with Gasteiger partial charge in [-0.25, -0.2) is 4.98 Å². The second-order valence-electron chi connectivity index (χ2n) is 10.5. The Bertz CT molecular complexity index is 1210. The number of aromatic nitrogens is 2. The predicted molar refractivity (Wildman–Crippen MR) is 155 cm³/mol. The van der Waals surface area contributed by atoms with Crippen LogP contribution in [-0.4, -0.2) is 44.1 Å². The van der Waals surface area contributed by atoms with E-state index in [0.717, 1.165) is 37.9 Å². The number of hydrogen-bond acceptors (Lipinski definition) is 6. The summed E-state index contributed by atoms with van der Waals surface area (Å²) in [6, 6.07) is 3.83. The smallest absolute Gasteiger partial charge is 0.267 e. The van der Waals surface area contributed by atoms with Gasteiger partial charge in [0.05, 0.1) is 10.5 Å². The van der Waals surface area contributed by atoms with E-state index in [0.29, 0.717) is 44.6 Å². The number of unbranched alkanes of at least 4 members (excludes halogenated alkanes) is 5. The summed E-state index contributed by atoms with van der Waals surface area (Å²) in [7, 11) is 0. The average molecular weight is 527 g/mol. The Morgan fingerprint density at radius 3 is 2.53 bits per heavy atom. The van der Waals surface area contributed by atoms with Gasteiger partial charge in [0.25, 0.3) is 11.5 Å². The number of thioether (sulfide) groups is 1. The Morgan fingerprint density at radius 2 is 1.81 bits per heavy atom. The highest BCUT2D eigenvalue weighted by Gasteiger charge is 2.33. The van der Waals surface area contributed by atoms with Crippen molar-refractivity contribution < 1.29 is 4.79 Å². The van der Waals surface area contributed by atoms with Gasteiger partial charge in [0, 0.05) is 25.8 Å². The van der Waals surface area contributed by atoms with Gasteiger partial charge < -0.3 is 4.90 Å². The van der Waals surface area contributed by atoms with E-state index in [1.54, 1.807) is 21.6 Å². The van der Waals surface area contributed by atoms with Crippen LogP contribution in [0, 0.1) is 18.8 Å². The summed E-state index contributed by atoms with van der Waals surface area (Å²) < 4.78 is 2.17. The molecule has 2 aliphatic rings. The first kappa shape index (κ1) is 26.9. The summed E-state index contributed by atoms with van der Waals surface area (Å²) in [6.45, 7) is 11.0. The molecule has 4 rings (SSSR count). The molecule has 2 aliphatic heterocycles. The number of piperidine rings is 1. The van der Waals surface area contributed by atoms with E-state index in [1.807, 2.05) is 19.1 Å². The lowest BCUT2D eigenvalue weighted by molar-refractivity contribution is -0.122. The van der Waals surface area contributed by atoms with Gasteiger partial charge in [-0.1, -0.05) is 82.9 Å². The number of anilines is 1. The normalized spacial score (nSPS) is 21.8. The topological polar surface area (TPSA) is 57.9 Å². The van der Waals surface area contributed by atoms with Gasteiger partial charge in [0.2, 0.25) is 0 Å². The average Bonchev–Trinajstić information content (AvgIpc) is 3.10. The van der Waals surface area contributed by atoms with Crippen LogP contribution in [0.25, 0.3) is 11.7 Å². The third-order valence-corrected chi connectivity index (χ3v) is 8.49. The van der Waals surface area contributed by atoms with Gasteiger partial charge in [-0.15, -0.1) is 0 Å². The van der Waals surface area contributed by atoms with E-state index >= 15 is 0 Å². The molecule has 2 fully saturated rings. The van der Waals surface area contributed by atoms with Crippen LogP contribution in [-0.2, 0) is 4.79 Å². The molecule has 0 radical (unpaired) electrons. The zero-order valence-electron chi connectivity index (χ0n) is 22.0. The number of fused-ring (bicyclic) bond motifs is 1. The van der Waals surface area contributed by atoms with E-state index in [2.05, 4.69) is 25.7 Å². The largest absolute Gasteiger partial charge is 0.355 e. The van der Waals surface area contributed by atoms with Crippen molar-refractivity contribution in [3.8, 4) is 0 Å². The first-order valence-electron chi connectivity index (χ1n) is 13.3. The van der Waals surface area contributed by atoms with Gasteiger partial charge >= 0.3 is 0 Å². The van der Waals surface area contributed by atoms with Crippen LogP contribution in [0.15, 0.2) is 28.0 Å². The fourth-order valence-electron chi connectivity index (χ4n) is 5.38. The molecule has 0 spiro atoms. The standard InChI is InChI=1S/C28H38N4O2S2/c1-5-6-7-8-9-10-13-32-27(34)23(36-28(32)35)16-22-25(30-17-19(2)15-20(3)18-30)29-24-21(4)12-11-14-31(24)26(22)33/h11-12,14,16,19-20H,5-10,13,15,17-18H2,1-4H3/b23-16+/t19-,20-/m0/s1. The Hall–Kier alpha value is -2.19. The lowest BCUT2D eigenvalue weighted by atomic mass is 9.91. The quantitative estimate of drug-likeness (QED) is 0.225. The van der Waals surface area contributed by atoms with E-state index in [1.165, 1.54) is 37.4 Å². The van der Waals surface area contributed by atoms with Gasteiger partial charge in [-0.2, -0.15) is 0 Å². The van der Waals surface area contributed by atoms with Crippen LogP contribution in [0.5, 0.6) is 0 Å². The van der Waals surface area contributed by atoms with Crippen molar-refractivity contribution >= 4 is 51.7 Å². The maximum Gasteiger partial charge on any atom is 0.267 e. The number of carbonyl (C=O) groups is 1. The third kappa shape index (κ3) is 5.86. The highest BCUT2D eigenvalue weighted by Crippen LogP contribution is 2.35. The molecule has 8 heteroatoms. The van der Waals surface area contributed by atoms with Gasteiger partial charge in [-0.3, -0.25) is 18.9 Å². The number of nitrogens with zero attached hydrogens (tertiary/aromatic N) is 4. The predicted octanol–water partition coefficient (Wildman–Crippen LogP) is 6.05. The summed E-state index contributed by atoms with van der Waals surface area (Å²) in [5.74, 6) is 1.59. The molecular weight excluding hydrogens is 488 g/mol. The Labute approximate surface area is 224 Å². The lowest BCUT2D eigenvalue weighted by Crippen LogP contribution is -2.40. The molecule has 2 atom stereocenters. The van der Waals surface area contributed by atoms with Gasteiger partial charge in [0.1, 0.15) is 15.8 Å². The summed E-state index contributed by atoms with van der Waals surface area (Å²) in [6.07, 6.45) is 11.6. The number of hydrogen-bond donors (Lipinski definition) is 0. The molecule has 6 nitrogen and oxygen atoms in total. The second kappa shape index (κ2) is 11.9. The molecule has 0 unspecified atom stereocenters. The SMILES string of the molecule is CCCCCCCCN1C(=O)/C(=C\c2c(N3C[C@@H](C)C[C@H](C)C3)nc3c(C)cccn3c2=O)SC1=S. The highest BCUT2D eigenvalue weighted by atomic mass is 32.2. The molecule has 194 valence electrons. The van der Waals surface area contributed by atoms with Crippen LogP contribution in [0.3, 0.4) is 0 Å². The molecule has 1 amide bonds. The van der Waals surface area contributed by atoms with Crippen molar-refractivity contribution in [1.82, 2.24) is 14.3 Å². The van der Waals surface area contributed by atoms with Gasteiger partial charge in [-0.05, 0) is 49.3 Å². The Kier molecular flexibility index (Phi) is 8.88. The number of thiocarbonyl (C=S) groups is 1. The molecule has 36 heavy (non-hydrogen) atoms. The van der Waals surface area contributed by atoms with Crippen molar-refractivity contribution in [2.45, 2.75) is 72.6 Å². The minimum Gasteiger partial charge on any atom is -0.355 e. The van der Waals surface area contributed by atoms with Crippen molar-refractivity contribution in [2.24, 2.45) is 11.8 Å². The number of carbonyl (C=O) groups excluding carboxylic acids is 1. The molecule has 0 saturated carbocycles. The Morgan fingerprint density at radius 1 is 1.11 bits per heavy atom. The summed E-state index contributed by atoms with van der Waals surface area (Å²) in [5.41, 5.74) is 1.94. The molecule has 4 heterocycles. The maximum atomic E-state index is 13.7. The van der Waals surface area contributed by atoms with Crippen LogP contribution < -0.4 is 10.5 Å². The van der Waals surface area contributed by atoms with Crippen LogP contribution in [0.1, 0.15) is 76.8 Å². The van der Waals surface area contributed by atoms with E-state index < -0.39 is 0 Å². The van der Waals surface area contributed by atoms with Crippen LogP contribution >= 0.6 is 24.0 Å². The summed E-state index contributed by atoms with van der Waals surface area (Å²) in [5, 5.41) is 0. The molecule has 2 saturated heterocycles. The monoisotopic (exact) mass is 526 g/mol. The van der Waals surface area contributed by atoms with E-state index in [-0.39, 0.29) is 11.5 Å². The van der Waals surface area contributed by atoms with Crippen molar-refractivity contribution in [1.29, 1.82) is 0 Å². The molecule has 0 N–H and O–H groups in total. The second-order valence-corrected chi connectivity index (χ2v) is 12.2. The first-order valence-corrected chi connectivity index (χ1v) is 14.5. The minimum absolute atomic E-state index is 0.0985. The summed E-state index contributed by atoms with van der Waals surface area (Å²) >= 11 is 6.86. The van der Waals surface area contributed by atoms with Crippen molar-refractivity contribution in [2.75, 3.05) is 24.5 Å². The zero-order chi connectivity index (χ0) is 25.8. The zero-order valence-corrected chi connectivity index (χ0v) is 23.6.